The lowest BCUT2D eigenvalue weighted by Crippen LogP contribution is -2.32. The van der Waals surface area contributed by atoms with Crippen molar-refractivity contribution in [3.8, 4) is 0 Å². The molecule has 132 valence electrons. The summed E-state index contributed by atoms with van der Waals surface area (Å²) in [7, 11) is 0. The molecular weight excluding hydrogens is 302 g/mol. The normalized spacial score (nSPS) is 15.9. The molecule has 0 spiro atoms. The molecule has 0 radical (unpaired) electrons. The van der Waals surface area contributed by atoms with E-state index in [9.17, 15) is 9.59 Å². The van der Waals surface area contributed by atoms with Gasteiger partial charge in [0.25, 0.3) is 0 Å². The molecule has 1 fully saturated rings. The Bertz CT molecular complexity index is 539. The Morgan fingerprint density at radius 3 is 2.67 bits per heavy atom. The Labute approximate surface area is 145 Å². The smallest absolute Gasteiger partial charge is 0.306 e. The highest BCUT2D eigenvalue weighted by molar-refractivity contribution is 5.76. The third kappa shape index (κ3) is 5.66. The SMILES string of the molecule is CC(C)(CC(=O)OCCCN1CCCCCC1=O)c1ccccc1. The fourth-order valence-corrected chi connectivity index (χ4v) is 3.12. The Morgan fingerprint density at radius 2 is 1.92 bits per heavy atom. The number of carbonyl (C=O) groups excluding carboxylic acids is 2. The van der Waals surface area contributed by atoms with Gasteiger partial charge in [-0.05, 0) is 24.8 Å². The summed E-state index contributed by atoms with van der Waals surface area (Å²) in [5.74, 6) is 0.0649. The molecule has 1 heterocycles. The molecule has 0 N–H and O–H groups in total. The topological polar surface area (TPSA) is 46.6 Å². The zero-order valence-electron chi connectivity index (χ0n) is 14.9. The highest BCUT2D eigenvalue weighted by Gasteiger charge is 2.25. The van der Waals surface area contributed by atoms with E-state index in [0.29, 0.717) is 32.4 Å². The van der Waals surface area contributed by atoms with Gasteiger partial charge in [-0.1, -0.05) is 50.6 Å². The lowest BCUT2D eigenvalue weighted by molar-refractivity contribution is -0.145. The zero-order valence-corrected chi connectivity index (χ0v) is 14.9. The molecule has 1 saturated heterocycles. The van der Waals surface area contributed by atoms with E-state index < -0.39 is 0 Å². The van der Waals surface area contributed by atoms with Gasteiger partial charge in [-0.25, -0.2) is 0 Å². The van der Waals surface area contributed by atoms with Crippen LogP contribution < -0.4 is 0 Å². The molecule has 4 heteroatoms. The Balaban J connectivity index is 1.70. The molecule has 1 aromatic carbocycles. The van der Waals surface area contributed by atoms with Crippen LogP contribution in [0.5, 0.6) is 0 Å². The summed E-state index contributed by atoms with van der Waals surface area (Å²) >= 11 is 0. The molecule has 0 aromatic heterocycles. The molecule has 0 unspecified atom stereocenters. The van der Waals surface area contributed by atoms with Crippen LogP contribution in [-0.2, 0) is 19.7 Å². The third-order valence-electron chi connectivity index (χ3n) is 4.65. The molecule has 24 heavy (non-hydrogen) atoms. The van der Waals surface area contributed by atoms with Gasteiger partial charge in [-0.15, -0.1) is 0 Å². The molecule has 0 atom stereocenters. The van der Waals surface area contributed by atoms with Gasteiger partial charge in [0, 0.05) is 24.9 Å². The first kappa shape index (κ1) is 18.5. The van der Waals surface area contributed by atoms with E-state index in [4.69, 9.17) is 4.74 Å². The van der Waals surface area contributed by atoms with Crippen molar-refractivity contribution >= 4 is 11.9 Å². The van der Waals surface area contributed by atoms with Gasteiger partial charge >= 0.3 is 5.97 Å². The monoisotopic (exact) mass is 331 g/mol. The van der Waals surface area contributed by atoms with Crippen LogP contribution in [0.1, 0.15) is 57.9 Å². The number of ether oxygens (including phenoxy) is 1. The van der Waals surface area contributed by atoms with Crippen LogP contribution in [0.4, 0.5) is 0 Å². The fraction of sp³-hybridized carbons (Fsp3) is 0.600. The summed E-state index contributed by atoms with van der Waals surface area (Å²) in [4.78, 5) is 25.9. The quantitative estimate of drug-likeness (QED) is 0.565. The lowest BCUT2D eigenvalue weighted by Gasteiger charge is -2.24. The van der Waals surface area contributed by atoms with Gasteiger partial charge in [0.15, 0.2) is 0 Å². The Kier molecular flexibility index (Phi) is 6.83. The number of esters is 1. The van der Waals surface area contributed by atoms with E-state index in [1.165, 1.54) is 0 Å². The van der Waals surface area contributed by atoms with Gasteiger partial charge in [0.1, 0.15) is 0 Å². The van der Waals surface area contributed by atoms with Crippen molar-refractivity contribution < 1.29 is 14.3 Å². The first-order valence-electron chi connectivity index (χ1n) is 8.98. The molecule has 1 aliphatic rings. The molecule has 2 rings (SSSR count). The van der Waals surface area contributed by atoms with E-state index in [1.54, 1.807) is 0 Å². The summed E-state index contributed by atoms with van der Waals surface area (Å²) in [6, 6.07) is 10.0. The molecule has 1 amide bonds. The van der Waals surface area contributed by atoms with Crippen molar-refractivity contribution in [2.45, 2.75) is 57.8 Å². The second-order valence-corrected chi connectivity index (χ2v) is 7.19. The largest absolute Gasteiger partial charge is 0.466 e. The number of rotatable bonds is 7. The number of hydrogen-bond acceptors (Lipinski definition) is 3. The first-order valence-corrected chi connectivity index (χ1v) is 8.98. The van der Waals surface area contributed by atoms with E-state index >= 15 is 0 Å². The van der Waals surface area contributed by atoms with Crippen LogP contribution in [0.2, 0.25) is 0 Å². The maximum absolute atomic E-state index is 12.1. The number of likely N-dealkylation sites (tertiary alicyclic amines) is 1. The zero-order chi connectivity index (χ0) is 17.4. The standard InChI is InChI=1S/C20H29NO3/c1-20(2,17-10-5-3-6-11-17)16-19(23)24-15-9-14-21-13-8-4-7-12-18(21)22/h3,5-6,10-11H,4,7-9,12-16H2,1-2H3. The predicted octanol–water partition coefficient (Wildman–Crippen LogP) is 3.69. The van der Waals surface area contributed by atoms with E-state index in [0.717, 1.165) is 31.4 Å². The fourth-order valence-electron chi connectivity index (χ4n) is 3.12. The average Bonchev–Trinajstić information content (AvgIpc) is 2.76. The number of amides is 1. The van der Waals surface area contributed by atoms with Crippen molar-refractivity contribution in [2.24, 2.45) is 0 Å². The molecule has 4 nitrogen and oxygen atoms in total. The number of carbonyl (C=O) groups is 2. The third-order valence-corrected chi connectivity index (χ3v) is 4.65. The molecule has 0 aliphatic carbocycles. The lowest BCUT2D eigenvalue weighted by atomic mass is 9.82. The van der Waals surface area contributed by atoms with E-state index in [-0.39, 0.29) is 17.3 Å². The molecule has 0 saturated carbocycles. The second kappa shape index (κ2) is 8.86. The number of hydrogen-bond donors (Lipinski definition) is 0. The van der Waals surface area contributed by atoms with Crippen LogP contribution >= 0.6 is 0 Å². The summed E-state index contributed by atoms with van der Waals surface area (Å²) in [6.45, 7) is 6.02. The average molecular weight is 331 g/mol. The first-order chi connectivity index (χ1) is 11.5. The van der Waals surface area contributed by atoms with Crippen molar-refractivity contribution in [2.75, 3.05) is 19.7 Å². The van der Waals surface area contributed by atoms with Gasteiger partial charge in [0.05, 0.1) is 13.0 Å². The summed E-state index contributed by atoms with van der Waals surface area (Å²) in [5.41, 5.74) is 0.899. The van der Waals surface area contributed by atoms with Gasteiger partial charge in [-0.2, -0.15) is 0 Å². The molecule has 0 bridgehead atoms. The van der Waals surface area contributed by atoms with E-state index in [2.05, 4.69) is 13.8 Å². The second-order valence-electron chi connectivity index (χ2n) is 7.19. The predicted molar refractivity (Wildman–Crippen MR) is 94.7 cm³/mol. The maximum Gasteiger partial charge on any atom is 0.306 e. The maximum atomic E-state index is 12.1. The van der Waals surface area contributed by atoms with Crippen LogP contribution in [-0.4, -0.2) is 36.5 Å². The number of benzene rings is 1. The molecule has 1 aliphatic heterocycles. The Morgan fingerprint density at radius 1 is 1.17 bits per heavy atom. The Hall–Kier alpha value is -1.84. The van der Waals surface area contributed by atoms with Gasteiger partial charge in [-0.3, -0.25) is 9.59 Å². The highest BCUT2D eigenvalue weighted by Crippen LogP contribution is 2.27. The molecular formula is C20H29NO3. The minimum atomic E-state index is -0.237. The van der Waals surface area contributed by atoms with Crippen molar-refractivity contribution in [3.05, 3.63) is 35.9 Å². The summed E-state index contributed by atoms with van der Waals surface area (Å²) < 4.78 is 5.38. The van der Waals surface area contributed by atoms with Crippen molar-refractivity contribution in [1.29, 1.82) is 0 Å². The summed E-state index contributed by atoms with van der Waals surface area (Å²) in [5, 5.41) is 0. The van der Waals surface area contributed by atoms with Crippen LogP contribution in [0, 0.1) is 0 Å². The van der Waals surface area contributed by atoms with Gasteiger partial charge in [0.2, 0.25) is 5.91 Å². The van der Waals surface area contributed by atoms with Crippen LogP contribution in [0.15, 0.2) is 30.3 Å². The number of nitrogens with zero attached hydrogens (tertiary/aromatic N) is 1. The van der Waals surface area contributed by atoms with E-state index in [1.807, 2.05) is 35.2 Å². The highest BCUT2D eigenvalue weighted by atomic mass is 16.5. The minimum absolute atomic E-state index is 0.175. The van der Waals surface area contributed by atoms with Crippen molar-refractivity contribution in [1.82, 2.24) is 4.90 Å². The summed E-state index contributed by atoms with van der Waals surface area (Å²) in [6.07, 6.45) is 4.94. The van der Waals surface area contributed by atoms with Crippen molar-refractivity contribution in [3.63, 3.8) is 0 Å². The molecule has 1 aromatic rings. The van der Waals surface area contributed by atoms with Crippen LogP contribution in [0.3, 0.4) is 0 Å². The van der Waals surface area contributed by atoms with Gasteiger partial charge < -0.3 is 9.64 Å². The van der Waals surface area contributed by atoms with Crippen LogP contribution in [0.25, 0.3) is 0 Å². The minimum Gasteiger partial charge on any atom is -0.466 e.